The highest BCUT2D eigenvalue weighted by molar-refractivity contribution is 6.39. The minimum atomic E-state index is -1.50. The predicted molar refractivity (Wildman–Crippen MR) is 135 cm³/mol. The van der Waals surface area contributed by atoms with Gasteiger partial charge in [0.15, 0.2) is 5.78 Å². The summed E-state index contributed by atoms with van der Waals surface area (Å²) < 4.78 is 22.9. The minimum absolute atomic E-state index is 0.217. The van der Waals surface area contributed by atoms with Gasteiger partial charge in [0.05, 0.1) is 32.1 Å². The van der Waals surface area contributed by atoms with Gasteiger partial charge in [-0.3, -0.25) is 9.59 Å². The number of anilines is 1. The fraction of sp³-hybridized carbons (Fsp3) is 0.417. The van der Waals surface area contributed by atoms with Crippen LogP contribution in [0.1, 0.15) is 34.6 Å². The van der Waals surface area contributed by atoms with Crippen LogP contribution in [0, 0.1) is 0 Å². The summed E-state index contributed by atoms with van der Waals surface area (Å²) in [7, 11) is 0. The van der Waals surface area contributed by atoms with Crippen molar-refractivity contribution in [2.75, 3.05) is 30.8 Å². The molecule has 11 heteroatoms. The van der Waals surface area contributed by atoms with Gasteiger partial charge in [0, 0.05) is 30.0 Å². The predicted octanol–water partition coefficient (Wildman–Crippen LogP) is 6.16. The van der Waals surface area contributed by atoms with Crippen LogP contribution in [0.2, 0.25) is 5.02 Å². The molecule has 1 amide bonds. The van der Waals surface area contributed by atoms with Crippen molar-refractivity contribution in [2.24, 2.45) is 10.2 Å². The molecular weight excluding hydrogens is 497 g/mol. The number of hydrogen-bond acceptors (Lipinski definition) is 8. The van der Waals surface area contributed by atoms with E-state index in [0.717, 1.165) is 4.42 Å². The summed E-state index contributed by atoms with van der Waals surface area (Å²) in [5, 5.41) is 8.35. The third kappa shape index (κ3) is 7.47. The minimum Gasteiger partial charge on any atom is -0.494 e. The molecule has 1 unspecified atom stereocenters. The lowest BCUT2D eigenvalue weighted by atomic mass is 10.2. The number of ketones is 1. The van der Waals surface area contributed by atoms with E-state index in [1.165, 1.54) is 19.1 Å². The van der Waals surface area contributed by atoms with E-state index in [1.54, 1.807) is 39.0 Å². The molecule has 35 heavy (non-hydrogen) atoms. The van der Waals surface area contributed by atoms with Gasteiger partial charge in [-0.05, 0) is 46.8 Å². The Morgan fingerprint density at radius 3 is 1.94 bits per heavy atom. The number of amides is 1. The zero-order valence-electron chi connectivity index (χ0n) is 20.3. The number of benzene rings is 2. The van der Waals surface area contributed by atoms with Gasteiger partial charge in [-0.25, -0.2) is 4.42 Å². The molecular formula is C24H29Cl2N3O6. The molecule has 0 aliphatic rings. The number of rotatable bonds is 13. The molecule has 0 aliphatic heterocycles. The maximum absolute atomic E-state index is 13.2. The van der Waals surface area contributed by atoms with Crippen LogP contribution >= 0.6 is 23.4 Å². The second kappa shape index (κ2) is 13.7. The van der Waals surface area contributed by atoms with Gasteiger partial charge in [-0.15, -0.1) is 0 Å². The molecule has 0 aliphatic carbocycles. The van der Waals surface area contributed by atoms with Crippen molar-refractivity contribution in [3.63, 3.8) is 0 Å². The summed E-state index contributed by atoms with van der Waals surface area (Å²) in [6.45, 7) is 9.96. The third-order valence-corrected chi connectivity index (χ3v) is 5.17. The Kier molecular flexibility index (Phi) is 11.1. The number of halogens is 2. The van der Waals surface area contributed by atoms with Gasteiger partial charge in [-0.1, -0.05) is 11.6 Å². The summed E-state index contributed by atoms with van der Waals surface area (Å²) in [4.78, 5) is 25.5. The van der Waals surface area contributed by atoms with Crippen molar-refractivity contribution >= 4 is 46.4 Å². The third-order valence-electron chi connectivity index (χ3n) is 4.44. The second-order valence-corrected chi connectivity index (χ2v) is 7.68. The summed E-state index contributed by atoms with van der Waals surface area (Å²) in [6, 6.07) is 6.46. The van der Waals surface area contributed by atoms with E-state index in [9.17, 15) is 9.59 Å². The number of carbonyl (C=O) groups is 2. The molecule has 0 fully saturated rings. The van der Waals surface area contributed by atoms with Crippen LogP contribution in [0.3, 0.4) is 0 Å². The average Bonchev–Trinajstić information content (AvgIpc) is 2.82. The largest absolute Gasteiger partial charge is 0.494 e. The van der Waals surface area contributed by atoms with Crippen LogP contribution in [0.25, 0.3) is 0 Å². The molecule has 2 aromatic carbocycles. The monoisotopic (exact) mass is 525 g/mol. The fourth-order valence-corrected chi connectivity index (χ4v) is 3.42. The maximum atomic E-state index is 13.2. The van der Waals surface area contributed by atoms with Crippen LogP contribution in [-0.4, -0.2) is 44.2 Å². The molecule has 2 rings (SSSR count). The molecule has 1 atom stereocenters. The van der Waals surface area contributed by atoms with Crippen LogP contribution in [-0.2, 0) is 9.59 Å². The first-order chi connectivity index (χ1) is 16.8. The Bertz CT molecular complexity index is 1040. The molecule has 0 aromatic heterocycles. The number of hydrogen-bond donors (Lipinski definition) is 0. The van der Waals surface area contributed by atoms with Crippen molar-refractivity contribution in [1.82, 2.24) is 0 Å². The van der Waals surface area contributed by atoms with Crippen LogP contribution in [0.5, 0.6) is 23.0 Å². The molecule has 0 bridgehead atoms. The van der Waals surface area contributed by atoms with Gasteiger partial charge >= 0.3 is 0 Å². The maximum Gasteiger partial charge on any atom is 0.276 e. The molecule has 9 nitrogen and oxygen atoms in total. The van der Waals surface area contributed by atoms with Crippen LogP contribution in [0.4, 0.5) is 11.4 Å². The summed E-state index contributed by atoms with van der Waals surface area (Å²) in [6.07, 6.45) is 0. The first-order valence-electron chi connectivity index (χ1n) is 11.2. The highest BCUT2D eigenvalue weighted by Crippen LogP contribution is 2.39. The SMILES string of the molecule is CCOc1ccc(OCC)c(N(Cl)C(=O)C(N=Nc2cc(OCC)c(Cl)c(OCC)c2)C(C)=O)c1. The van der Waals surface area contributed by atoms with E-state index in [2.05, 4.69) is 10.2 Å². The summed E-state index contributed by atoms with van der Waals surface area (Å²) in [5.41, 5.74) is 0.504. The van der Waals surface area contributed by atoms with Gasteiger partial charge < -0.3 is 18.9 Å². The number of carbonyl (C=O) groups excluding carboxylic acids is 2. The first kappa shape index (κ1) is 28.2. The van der Waals surface area contributed by atoms with Crippen LogP contribution < -0.4 is 23.4 Å². The Morgan fingerprint density at radius 2 is 1.43 bits per heavy atom. The standard InChI is InChI=1S/C24H29Cl2N3O6/c1-6-32-17-10-11-19(33-7-2)18(14-17)29(26)24(31)23(15(5)30)28-27-16-12-20(34-8-3)22(25)21(13-16)35-9-4/h10-14,23H,6-9H2,1-5H3. The Labute approximate surface area is 215 Å². The lowest BCUT2D eigenvalue weighted by Crippen LogP contribution is -2.36. The zero-order valence-corrected chi connectivity index (χ0v) is 21.9. The highest BCUT2D eigenvalue weighted by Gasteiger charge is 2.30. The smallest absolute Gasteiger partial charge is 0.276 e. The van der Waals surface area contributed by atoms with E-state index >= 15 is 0 Å². The summed E-state index contributed by atoms with van der Waals surface area (Å²) in [5.74, 6) is 0.159. The quantitative estimate of drug-likeness (QED) is 0.176. The van der Waals surface area contributed by atoms with E-state index in [-0.39, 0.29) is 16.4 Å². The second-order valence-electron chi connectivity index (χ2n) is 6.97. The molecule has 0 N–H and O–H groups in total. The number of azo groups is 1. The lowest BCUT2D eigenvalue weighted by molar-refractivity contribution is -0.126. The van der Waals surface area contributed by atoms with E-state index < -0.39 is 17.7 Å². The van der Waals surface area contributed by atoms with Gasteiger partial charge in [0.1, 0.15) is 33.7 Å². The molecule has 0 heterocycles. The Balaban J connectivity index is 2.41. The molecule has 0 saturated carbocycles. The number of Topliss-reactive ketones (excluding diaryl/α,β-unsaturated/α-hetero) is 1. The van der Waals surface area contributed by atoms with Gasteiger partial charge in [-0.2, -0.15) is 10.2 Å². The molecule has 0 saturated heterocycles. The highest BCUT2D eigenvalue weighted by atomic mass is 35.5. The van der Waals surface area contributed by atoms with E-state index in [1.807, 2.05) is 6.92 Å². The first-order valence-corrected chi connectivity index (χ1v) is 11.9. The van der Waals surface area contributed by atoms with Gasteiger partial charge in [0.2, 0.25) is 6.04 Å². The van der Waals surface area contributed by atoms with E-state index in [0.29, 0.717) is 49.4 Å². The lowest BCUT2D eigenvalue weighted by Gasteiger charge is -2.20. The molecule has 2 aromatic rings. The van der Waals surface area contributed by atoms with Crippen LogP contribution in [0.15, 0.2) is 40.6 Å². The Hall–Kier alpha value is -3.04. The average molecular weight is 526 g/mol. The van der Waals surface area contributed by atoms with Crippen molar-refractivity contribution < 1.29 is 28.5 Å². The van der Waals surface area contributed by atoms with Crippen molar-refractivity contribution in [3.8, 4) is 23.0 Å². The Morgan fingerprint density at radius 1 is 0.886 bits per heavy atom. The fourth-order valence-electron chi connectivity index (χ4n) is 2.98. The number of nitrogens with zero attached hydrogens (tertiary/aromatic N) is 3. The molecule has 0 spiro atoms. The summed E-state index contributed by atoms with van der Waals surface area (Å²) >= 11 is 12.7. The number of ether oxygens (including phenoxy) is 4. The normalized spacial score (nSPS) is 11.7. The molecule has 0 radical (unpaired) electrons. The zero-order chi connectivity index (χ0) is 26.0. The van der Waals surface area contributed by atoms with Crippen molar-refractivity contribution in [1.29, 1.82) is 0 Å². The van der Waals surface area contributed by atoms with E-state index in [4.69, 9.17) is 42.3 Å². The van der Waals surface area contributed by atoms with Crippen molar-refractivity contribution in [2.45, 2.75) is 40.7 Å². The van der Waals surface area contributed by atoms with Gasteiger partial charge in [0.25, 0.3) is 5.91 Å². The molecule has 190 valence electrons. The van der Waals surface area contributed by atoms with Crippen molar-refractivity contribution in [3.05, 3.63) is 35.4 Å². The topological polar surface area (TPSA) is 99.0 Å².